The fourth-order valence-corrected chi connectivity index (χ4v) is 2.45. The van der Waals surface area contributed by atoms with E-state index in [0.717, 1.165) is 5.56 Å². The Labute approximate surface area is 124 Å². The summed E-state index contributed by atoms with van der Waals surface area (Å²) in [6, 6.07) is 11.2. The number of aromatic nitrogens is 1. The van der Waals surface area contributed by atoms with Gasteiger partial charge in [0.2, 0.25) is 0 Å². The van der Waals surface area contributed by atoms with Crippen molar-refractivity contribution in [1.82, 2.24) is 10.5 Å². The summed E-state index contributed by atoms with van der Waals surface area (Å²) in [5.41, 5.74) is 1.35. The summed E-state index contributed by atoms with van der Waals surface area (Å²) in [6.07, 6.45) is 0. The Balaban J connectivity index is 1.65. The summed E-state index contributed by atoms with van der Waals surface area (Å²) < 4.78 is 18.1. The van der Waals surface area contributed by atoms with E-state index in [0.29, 0.717) is 16.3 Å². The first-order valence-corrected chi connectivity index (χ1v) is 7.13. The quantitative estimate of drug-likeness (QED) is 0.803. The lowest BCUT2D eigenvalue weighted by molar-refractivity contribution is 0.0954. The molecule has 0 atom stereocenters. The third-order valence-corrected chi connectivity index (χ3v) is 3.73. The van der Waals surface area contributed by atoms with Crippen LogP contribution in [0.4, 0.5) is 4.39 Å². The van der Waals surface area contributed by atoms with Crippen LogP contribution in [0.2, 0.25) is 0 Å². The molecular formula is C15H11FN2O2S. The highest BCUT2D eigenvalue weighted by molar-refractivity contribution is 7.12. The molecule has 0 aliphatic carbocycles. The Kier molecular flexibility index (Phi) is 3.79. The molecule has 1 N–H and O–H groups in total. The molecule has 0 saturated heterocycles. The average Bonchev–Trinajstić information content (AvgIpc) is 3.17. The van der Waals surface area contributed by atoms with Gasteiger partial charge in [-0.2, -0.15) is 0 Å². The van der Waals surface area contributed by atoms with Crippen LogP contribution in [0.5, 0.6) is 0 Å². The molecule has 106 valence electrons. The second kappa shape index (κ2) is 5.88. The van der Waals surface area contributed by atoms with Crippen LogP contribution >= 0.6 is 11.3 Å². The summed E-state index contributed by atoms with van der Waals surface area (Å²) >= 11 is 1.38. The highest BCUT2D eigenvalue weighted by atomic mass is 32.1. The molecule has 6 heteroatoms. The molecular weight excluding hydrogens is 291 g/mol. The smallest absolute Gasteiger partial charge is 0.261 e. The number of nitrogens with zero attached hydrogens (tertiary/aromatic N) is 1. The van der Waals surface area contributed by atoms with Gasteiger partial charge < -0.3 is 9.84 Å². The van der Waals surface area contributed by atoms with E-state index < -0.39 is 0 Å². The Morgan fingerprint density at radius 2 is 2.10 bits per heavy atom. The maximum Gasteiger partial charge on any atom is 0.261 e. The molecule has 2 heterocycles. The minimum Gasteiger partial charge on any atom is -0.356 e. The first-order valence-electron chi connectivity index (χ1n) is 6.25. The maximum atomic E-state index is 12.9. The Morgan fingerprint density at radius 3 is 2.81 bits per heavy atom. The third-order valence-electron chi connectivity index (χ3n) is 2.86. The number of benzene rings is 1. The summed E-state index contributed by atoms with van der Waals surface area (Å²) in [4.78, 5) is 12.4. The molecule has 4 nitrogen and oxygen atoms in total. The van der Waals surface area contributed by atoms with E-state index in [9.17, 15) is 9.18 Å². The summed E-state index contributed by atoms with van der Waals surface area (Å²) in [7, 11) is 0. The number of nitrogens with one attached hydrogen (secondary N) is 1. The van der Waals surface area contributed by atoms with Gasteiger partial charge in [-0.05, 0) is 35.7 Å². The second-order valence-electron chi connectivity index (χ2n) is 4.35. The van der Waals surface area contributed by atoms with Gasteiger partial charge in [0.25, 0.3) is 5.91 Å². The third kappa shape index (κ3) is 3.17. The molecule has 21 heavy (non-hydrogen) atoms. The molecule has 0 aliphatic rings. The lowest BCUT2D eigenvalue weighted by Gasteiger charge is -1.99. The number of hydrogen-bond acceptors (Lipinski definition) is 4. The summed E-state index contributed by atoms with van der Waals surface area (Å²) in [6.45, 7) is 0.279. The molecule has 0 fully saturated rings. The predicted molar refractivity (Wildman–Crippen MR) is 77.4 cm³/mol. The molecule has 0 unspecified atom stereocenters. The average molecular weight is 302 g/mol. The largest absolute Gasteiger partial charge is 0.356 e. The van der Waals surface area contributed by atoms with Crippen LogP contribution in [0.25, 0.3) is 11.3 Å². The van der Waals surface area contributed by atoms with Gasteiger partial charge in [-0.3, -0.25) is 4.79 Å². The maximum absolute atomic E-state index is 12.9. The Bertz CT molecular complexity index is 735. The fourth-order valence-electron chi connectivity index (χ4n) is 1.81. The molecule has 0 bridgehead atoms. The van der Waals surface area contributed by atoms with Gasteiger partial charge >= 0.3 is 0 Å². The first kappa shape index (κ1) is 13.5. The van der Waals surface area contributed by atoms with Crippen molar-refractivity contribution >= 4 is 17.2 Å². The second-order valence-corrected chi connectivity index (χ2v) is 5.30. The van der Waals surface area contributed by atoms with Crippen LogP contribution in [0.1, 0.15) is 15.4 Å². The number of rotatable bonds is 4. The van der Waals surface area contributed by atoms with Crippen LogP contribution in [0.3, 0.4) is 0 Å². The lowest BCUT2D eigenvalue weighted by atomic mass is 10.1. The molecule has 1 aromatic carbocycles. The van der Waals surface area contributed by atoms with E-state index in [1.54, 1.807) is 24.3 Å². The molecule has 0 saturated carbocycles. The van der Waals surface area contributed by atoms with Crippen LogP contribution in [0.15, 0.2) is 52.4 Å². The van der Waals surface area contributed by atoms with Gasteiger partial charge in [0.1, 0.15) is 11.5 Å². The standard InChI is InChI=1S/C15H11FN2O2S/c16-11-5-3-10(4-6-11)13-8-12(18-20-13)9-17-15(19)14-2-1-7-21-14/h1-8H,9H2,(H,17,19). The number of halogens is 1. The van der Waals surface area contributed by atoms with Crippen molar-refractivity contribution in [2.24, 2.45) is 0 Å². The highest BCUT2D eigenvalue weighted by Gasteiger charge is 2.10. The summed E-state index contributed by atoms with van der Waals surface area (Å²) in [5.74, 6) is 0.0911. The number of amides is 1. The van der Waals surface area contributed by atoms with E-state index in [-0.39, 0.29) is 18.3 Å². The van der Waals surface area contributed by atoms with Gasteiger partial charge in [0.05, 0.1) is 11.4 Å². The Morgan fingerprint density at radius 1 is 1.29 bits per heavy atom. The van der Waals surface area contributed by atoms with E-state index in [1.165, 1.54) is 23.5 Å². The zero-order valence-electron chi connectivity index (χ0n) is 10.9. The van der Waals surface area contributed by atoms with E-state index in [2.05, 4.69) is 10.5 Å². The number of carbonyl (C=O) groups is 1. The van der Waals surface area contributed by atoms with Gasteiger partial charge in [0.15, 0.2) is 5.76 Å². The van der Waals surface area contributed by atoms with E-state index in [1.807, 2.05) is 11.4 Å². The first-order chi connectivity index (χ1) is 10.2. The molecule has 2 aromatic heterocycles. The van der Waals surface area contributed by atoms with Crippen LogP contribution in [-0.2, 0) is 6.54 Å². The monoisotopic (exact) mass is 302 g/mol. The normalized spacial score (nSPS) is 10.5. The number of hydrogen-bond donors (Lipinski definition) is 1. The molecule has 3 aromatic rings. The zero-order chi connectivity index (χ0) is 14.7. The van der Waals surface area contributed by atoms with Crippen molar-refractivity contribution in [3.05, 3.63) is 64.2 Å². The molecule has 3 rings (SSSR count). The lowest BCUT2D eigenvalue weighted by Crippen LogP contribution is -2.21. The van der Waals surface area contributed by atoms with Crippen molar-refractivity contribution in [2.45, 2.75) is 6.54 Å². The topological polar surface area (TPSA) is 55.1 Å². The summed E-state index contributed by atoms with van der Waals surface area (Å²) in [5, 5.41) is 8.50. The fraction of sp³-hybridized carbons (Fsp3) is 0.0667. The van der Waals surface area contributed by atoms with Crippen molar-refractivity contribution in [2.75, 3.05) is 0 Å². The van der Waals surface area contributed by atoms with Gasteiger partial charge in [-0.1, -0.05) is 11.2 Å². The molecule has 0 aliphatic heterocycles. The van der Waals surface area contributed by atoms with Crippen molar-refractivity contribution in [3.8, 4) is 11.3 Å². The number of thiophene rings is 1. The SMILES string of the molecule is O=C(NCc1cc(-c2ccc(F)cc2)on1)c1cccs1. The molecule has 0 radical (unpaired) electrons. The predicted octanol–water partition coefficient (Wildman–Crippen LogP) is 3.47. The van der Waals surface area contributed by atoms with E-state index >= 15 is 0 Å². The van der Waals surface area contributed by atoms with Crippen molar-refractivity contribution in [3.63, 3.8) is 0 Å². The van der Waals surface area contributed by atoms with Gasteiger partial charge in [0, 0.05) is 11.6 Å². The van der Waals surface area contributed by atoms with Crippen LogP contribution < -0.4 is 5.32 Å². The van der Waals surface area contributed by atoms with Crippen LogP contribution in [-0.4, -0.2) is 11.1 Å². The highest BCUT2D eigenvalue weighted by Crippen LogP contribution is 2.20. The van der Waals surface area contributed by atoms with Crippen molar-refractivity contribution < 1.29 is 13.7 Å². The number of carbonyl (C=O) groups excluding carboxylic acids is 1. The van der Waals surface area contributed by atoms with Crippen molar-refractivity contribution in [1.29, 1.82) is 0 Å². The van der Waals surface area contributed by atoms with E-state index in [4.69, 9.17) is 4.52 Å². The minimum atomic E-state index is -0.304. The molecule has 0 spiro atoms. The molecule has 1 amide bonds. The Hall–Kier alpha value is -2.47. The van der Waals surface area contributed by atoms with Gasteiger partial charge in [-0.15, -0.1) is 11.3 Å². The van der Waals surface area contributed by atoms with Crippen LogP contribution in [0, 0.1) is 5.82 Å². The minimum absolute atomic E-state index is 0.142. The zero-order valence-corrected chi connectivity index (χ0v) is 11.7. The van der Waals surface area contributed by atoms with Gasteiger partial charge in [-0.25, -0.2) is 4.39 Å².